The van der Waals surface area contributed by atoms with Crippen LogP contribution in [0.4, 0.5) is 0 Å². The van der Waals surface area contributed by atoms with Crippen LogP contribution in [0.3, 0.4) is 0 Å². The second-order valence-corrected chi connectivity index (χ2v) is 4.98. The molecule has 0 atom stereocenters. The van der Waals surface area contributed by atoms with Crippen LogP contribution in [-0.4, -0.2) is 52.1 Å². The highest BCUT2D eigenvalue weighted by atomic mass is 16.5. The van der Waals surface area contributed by atoms with Crippen molar-refractivity contribution in [2.24, 2.45) is 0 Å². The molecule has 3 rings (SSSR count). The smallest absolute Gasteiger partial charge is 0.141 e. The van der Waals surface area contributed by atoms with Crippen LogP contribution in [-0.2, 0) is 0 Å². The van der Waals surface area contributed by atoms with E-state index in [1.54, 1.807) is 12.4 Å². The number of fused-ring (bicyclic) bond motifs is 1. The van der Waals surface area contributed by atoms with Gasteiger partial charge in [0, 0.05) is 30.7 Å². The average Bonchev–Trinajstić information content (AvgIpc) is 2.93. The van der Waals surface area contributed by atoms with Gasteiger partial charge in [0.2, 0.25) is 0 Å². The van der Waals surface area contributed by atoms with Crippen molar-refractivity contribution in [3.05, 3.63) is 37.1 Å². The van der Waals surface area contributed by atoms with Crippen LogP contribution in [0.1, 0.15) is 0 Å². The molecule has 21 heavy (non-hydrogen) atoms. The molecule has 3 aromatic rings. The van der Waals surface area contributed by atoms with E-state index in [1.807, 2.05) is 32.4 Å². The van der Waals surface area contributed by atoms with Crippen molar-refractivity contribution in [2.75, 3.05) is 27.2 Å². The van der Waals surface area contributed by atoms with Gasteiger partial charge in [-0.3, -0.25) is 0 Å². The Kier molecular flexibility index (Phi) is 3.79. The molecule has 6 heteroatoms. The van der Waals surface area contributed by atoms with Gasteiger partial charge in [-0.1, -0.05) is 0 Å². The molecular weight excluding hydrogens is 266 g/mol. The minimum atomic E-state index is 0.626. The van der Waals surface area contributed by atoms with Crippen LogP contribution in [0, 0.1) is 0 Å². The first kappa shape index (κ1) is 13.5. The fourth-order valence-electron chi connectivity index (χ4n) is 2.14. The Labute approximate surface area is 122 Å². The number of aromatic amines is 1. The Morgan fingerprint density at radius 3 is 2.86 bits per heavy atom. The van der Waals surface area contributed by atoms with E-state index in [-0.39, 0.29) is 0 Å². The summed E-state index contributed by atoms with van der Waals surface area (Å²) in [5, 5.41) is 0.954. The molecular formula is C15H17N5O. The van der Waals surface area contributed by atoms with Gasteiger partial charge in [-0.05, 0) is 26.2 Å². The van der Waals surface area contributed by atoms with Crippen LogP contribution in [0.15, 0.2) is 37.1 Å². The van der Waals surface area contributed by atoms with E-state index in [9.17, 15) is 0 Å². The zero-order chi connectivity index (χ0) is 14.7. The fraction of sp³-hybridized carbons (Fsp3) is 0.267. The predicted octanol–water partition coefficient (Wildman–Crippen LogP) is 1.96. The second kappa shape index (κ2) is 5.88. The fourth-order valence-corrected chi connectivity index (χ4v) is 2.14. The Morgan fingerprint density at radius 1 is 1.19 bits per heavy atom. The summed E-state index contributed by atoms with van der Waals surface area (Å²) < 4.78 is 5.91. The Balaban J connectivity index is 1.99. The molecule has 0 aliphatic rings. The van der Waals surface area contributed by atoms with Gasteiger partial charge in [0.15, 0.2) is 0 Å². The van der Waals surface area contributed by atoms with Crippen LogP contribution >= 0.6 is 0 Å². The summed E-state index contributed by atoms with van der Waals surface area (Å²) in [6.45, 7) is 1.48. The molecule has 0 aliphatic heterocycles. The van der Waals surface area contributed by atoms with Crippen molar-refractivity contribution >= 4 is 11.0 Å². The number of hydrogen-bond acceptors (Lipinski definition) is 5. The lowest BCUT2D eigenvalue weighted by atomic mass is 10.1. The number of aromatic nitrogens is 4. The van der Waals surface area contributed by atoms with E-state index in [4.69, 9.17) is 4.74 Å². The van der Waals surface area contributed by atoms with E-state index in [2.05, 4.69) is 24.8 Å². The molecule has 108 valence electrons. The topological polar surface area (TPSA) is 66.9 Å². The number of pyridine rings is 1. The molecule has 3 aromatic heterocycles. The van der Waals surface area contributed by atoms with Crippen LogP contribution < -0.4 is 4.74 Å². The first-order valence-electron chi connectivity index (χ1n) is 6.75. The number of H-pyrrole nitrogens is 1. The lowest BCUT2D eigenvalue weighted by molar-refractivity contribution is 0.263. The third-order valence-electron chi connectivity index (χ3n) is 3.19. The van der Waals surface area contributed by atoms with Gasteiger partial charge in [0.05, 0.1) is 11.1 Å². The van der Waals surface area contributed by atoms with Gasteiger partial charge in [-0.2, -0.15) is 0 Å². The second-order valence-electron chi connectivity index (χ2n) is 4.98. The number of rotatable bonds is 5. The normalized spacial score (nSPS) is 11.2. The third-order valence-corrected chi connectivity index (χ3v) is 3.19. The van der Waals surface area contributed by atoms with Crippen molar-refractivity contribution in [2.45, 2.75) is 0 Å². The van der Waals surface area contributed by atoms with Crippen molar-refractivity contribution in [1.29, 1.82) is 0 Å². The number of hydrogen-bond donors (Lipinski definition) is 1. The largest absolute Gasteiger partial charge is 0.491 e. The molecule has 1 N–H and O–H groups in total. The maximum Gasteiger partial charge on any atom is 0.141 e. The summed E-state index contributed by atoms with van der Waals surface area (Å²) in [4.78, 5) is 17.8. The minimum absolute atomic E-state index is 0.626. The number of nitrogens with zero attached hydrogens (tertiary/aromatic N) is 4. The van der Waals surface area contributed by atoms with Gasteiger partial charge in [0.25, 0.3) is 0 Å². The molecule has 0 saturated heterocycles. The number of likely N-dealkylation sites (N-methyl/N-ethyl adjacent to an activating group) is 1. The highest BCUT2D eigenvalue weighted by molar-refractivity contribution is 5.97. The standard InChI is InChI=1S/C15H17N5O/c1-20(2)7-8-21-13-4-6-17-15-14(13)11(9-18-15)12-3-5-16-10-19-12/h3-6,9-10H,7-8H2,1-2H3,(H,17,18). The molecule has 0 fully saturated rings. The van der Waals surface area contributed by atoms with Crippen LogP contribution in [0.2, 0.25) is 0 Å². The highest BCUT2D eigenvalue weighted by Crippen LogP contribution is 2.33. The van der Waals surface area contributed by atoms with Gasteiger partial charge < -0.3 is 14.6 Å². The van der Waals surface area contributed by atoms with Gasteiger partial charge >= 0.3 is 0 Å². The number of ether oxygens (including phenoxy) is 1. The summed E-state index contributed by atoms with van der Waals surface area (Å²) in [5.41, 5.74) is 2.62. The zero-order valence-electron chi connectivity index (χ0n) is 12.1. The van der Waals surface area contributed by atoms with Gasteiger partial charge in [0.1, 0.15) is 24.3 Å². The van der Waals surface area contributed by atoms with Crippen molar-refractivity contribution < 1.29 is 4.74 Å². The monoisotopic (exact) mass is 283 g/mol. The number of nitrogens with one attached hydrogen (secondary N) is 1. The average molecular weight is 283 g/mol. The predicted molar refractivity (Wildman–Crippen MR) is 81.2 cm³/mol. The minimum Gasteiger partial charge on any atom is -0.491 e. The summed E-state index contributed by atoms with van der Waals surface area (Å²) in [5.74, 6) is 0.816. The van der Waals surface area contributed by atoms with Crippen molar-refractivity contribution in [1.82, 2.24) is 24.8 Å². The summed E-state index contributed by atoms with van der Waals surface area (Å²) in [6.07, 6.45) is 6.91. The SMILES string of the molecule is CN(C)CCOc1ccnc2[nH]cc(-c3ccncn3)c12. The van der Waals surface area contributed by atoms with Crippen LogP contribution in [0.25, 0.3) is 22.3 Å². The molecule has 6 nitrogen and oxygen atoms in total. The van der Waals surface area contributed by atoms with Gasteiger partial charge in [-0.25, -0.2) is 15.0 Å². The van der Waals surface area contributed by atoms with E-state index in [0.29, 0.717) is 6.61 Å². The molecule has 0 bridgehead atoms. The van der Waals surface area contributed by atoms with E-state index >= 15 is 0 Å². The Bertz CT molecular complexity index is 723. The van der Waals surface area contributed by atoms with E-state index < -0.39 is 0 Å². The molecule has 3 heterocycles. The lowest BCUT2D eigenvalue weighted by Crippen LogP contribution is -2.19. The molecule has 0 aliphatic carbocycles. The molecule has 0 unspecified atom stereocenters. The zero-order valence-corrected chi connectivity index (χ0v) is 12.1. The molecule has 0 amide bonds. The van der Waals surface area contributed by atoms with Crippen molar-refractivity contribution in [3.8, 4) is 17.0 Å². The van der Waals surface area contributed by atoms with E-state index in [0.717, 1.165) is 34.6 Å². The van der Waals surface area contributed by atoms with Gasteiger partial charge in [-0.15, -0.1) is 0 Å². The first-order chi connectivity index (χ1) is 10.3. The maximum atomic E-state index is 5.91. The quantitative estimate of drug-likeness (QED) is 0.775. The molecule has 0 radical (unpaired) electrons. The third kappa shape index (κ3) is 2.85. The van der Waals surface area contributed by atoms with Crippen molar-refractivity contribution in [3.63, 3.8) is 0 Å². The van der Waals surface area contributed by atoms with E-state index in [1.165, 1.54) is 6.33 Å². The molecule has 0 saturated carbocycles. The Morgan fingerprint density at radius 2 is 2.10 bits per heavy atom. The molecule has 0 spiro atoms. The lowest BCUT2D eigenvalue weighted by Gasteiger charge is -2.12. The molecule has 0 aromatic carbocycles. The van der Waals surface area contributed by atoms with Crippen LogP contribution in [0.5, 0.6) is 5.75 Å². The Hall–Kier alpha value is -2.47. The summed E-state index contributed by atoms with van der Waals surface area (Å²) in [7, 11) is 4.04. The maximum absolute atomic E-state index is 5.91. The summed E-state index contributed by atoms with van der Waals surface area (Å²) >= 11 is 0. The first-order valence-corrected chi connectivity index (χ1v) is 6.75. The highest BCUT2D eigenvalue weighted by Gasteiger charge is 2.13. The summed E-state index contributed by atoms with van der Waals surface area (Å²) in [6, 6.07) is 3.76.